The highest BCUT2D eigenvalue weighted by molar-refractivity contribution is 8.00. The summed E-state index contributed by atoms with van der Waals surface area (Å²) in [6, 6.07) is 7.98. The fraction of sp³-hybridized carbons (Fsp3) is 0.579. The molecule has 1 amide bonds. The van der Waals surface area contributed by atoms with Gasteiger partial charge in [0, 0.05) is 12.3 Å². The van der Waals surface area contributed by atoms with E-state index in [9.17, 15) is 4.79 Å². The first kappa shape index (κ1) is 19.8. The summed E-state index contributed by atoms with van der Waals surface area (Å²) in [5.41, 5.74) is 2.04. The van der Waals surface area contributed by atoms with Crippen molar-refractivity contribution in [3.63, 3.8) is 0 Å². The Balaban J connectivity index is 1.63. The van der Waals surface area contributed by atoms with E-state index in [1.54, 1.807) is 4.68 Å². The number of hydrogen-bond donors (Lipinski definition) is 1. The lowest BCUT2D eigenvalue weighted by atomic mass is 9.97. The summed E-state index contributed by atoms with van der Waals surface area (Å²) in [6.07, 6.45) is 3.27. The number of para-hydroxylation sites is 1. The van der Waals surface area contributed by atoms with Crippen molar-refractivity contribution in [1.82, 2.24) is 20.2 Å². The van der Waals surface area contributed by atoms with Crippen molar-refractivity contribution in [1.29, 1.82) is 0 Å². The van der Waals surface area contributed by atoms with Gasteiger partial charge in [0.05, 0.1) is 17.9 Å². The topological polar surface area (TPSA) is 81.9 Å². The molecule has 7 nitrogen and oxygen atoms in total. The molecule has 1 aromatic carbocycles. The zero-order chi connectivity index (χ0) is 19.2. The molecule has 1 fully saturated rings. The van der Waals surface area contributed by atoms with Crippen molar-refractivity contribution >= 4 is 23.4 Å². The lowest BCUT2D eigenvalue weighted by Gasteiger charge is -2.17. The molecule has 1 aliphatic rings. The first-order valence-corrected chi connectivity index (χ1v) is 10.4. The van der Waals surface area contributed by atoms with Crippen LogP contribution in [0.15, 0.2) is 29.4 Å². The van der Waals surface area contributed by atoms with Crippen LogP contribution in [-0.2, 0) is 16.1 Å². The molecule has 2 heterocycles. The van der Waals surface area contributed by atoms with Crippen LogP contribution in [-0.4, -0.2) is 44.1 Å². The molecule has 1 N–H and O–H groups in total. The number of nitrogens with one attached hydrogen (secondary N) is 1. The van der Waals surface area contributed by atoms with E-state index in [1.807, 2.05) is 25.1 Å². The molecule has 1 saturated heterocycles. The number of tetrazole rings is 1. The van der Waals surface area contributed by atoms with Crippen molar-refractivity contribution in [3.05, 3.63) is 29.8 Å². The normalized spacial score (nSPS) is 19.0. The maximum absolute atomic E-state index is 12.7. The van der Waals surface area contributed by atoms with Crippen molar-refractivity contribution in [2.75, 3.05) is 11.9 Å². The molecule has 1 aromatic heterocycles. The number of amides is 1. The number of nitrogens with zero attached hydrogens (tertiary/aromatic N) is 4. The Kier molecular flexibility index (Phi) is 6.84. The van der Waals surface area contributed by atoms with Crippen molar-refractivity contribution in [2.24, 2.45) is 0 Å². The Labute approximate surface area is 164 Å². The third-order valence-electron chi connectivity index (χ3n) is 4.91. The highest BCUT2D eigenvalue weighted by atomic mass is 32.2. The minimum Gasteiger partial charge on any atom is -0.376 e. The minimum atomic E-state index is -0.316. The van der Waals surface area contributed by atoms with Gasteiger partial charge < -0.3 is 10.1 Å². The van der Waals surface area contributed by atoms with E-state index in [2.05, 4.69) is 40.8 Å². The number of anilines is 1. The van der Waals surface area contributed by atoms with Crippen molar-refractivity contribution < 1.29 is 9.53 Å². The Morgan fingerprint density at radius 2 is 2.22 bits per heavy atom. The molecule has 3 rings (SSSR count). The lowest BCUT2D eigenvalue weighted by Crippen LogP contribution is -2.24. The van der Waals surface area contributed by atoms with Crippen LogP contribution < -0.4 is 5.32 Å². The number of aromatic nitrogens is 4. The number of rotatable bonds is 8. The van der Waals surface area contributed by atoms with E-state index >= 15 is 0 Å². The Morgan fingerprint density at radius 3 is 2.96 bits per heavy atom. The van der Waals surface area contributed by atoms with Crippen LogP contribution >= 0.6 is 11.8 Å². The van der Waals surface area contributed by atoms with Crippen LogP contribution in [0.5, 0.6) is 0 Å². The third kappa shape index (κ3) is 5.07. The van der Waals surface area contributed by atoms with Gasteiger partial charge in [0.15, 0.2) is 0 Å². The number of hydrogen-bond acceptors (Lipinski definition) is 6. The first-order valence-electron chi connectivity index (χ1n) is 9.52. The van der Waals surface area contributed by atoms with Crippen LogP contribution in [0.1, 0.15) is 51.5 Å². The molecule has 0 bridgehead atoms. The quantitative estimate of drug-likeness (QED) is 0.696. The number of ether oxygens (including phenoxy) is 1. The average molecular weight is 390 g/mol. The number of carbonyl (C=O) groups excluding carboxylic acids is 1. The standard InChI is InChI=1S/C19H27N5O2S/c1-4-13(2)16-9-5-6-10-17(16)20-18(25)14(3)27-19-21-22-23-24(19)12-15-8-7-11-26-15/h5-6,9-10,13-15H,4,7-8,11-12H2,1-3H3,(H,20,25). The predicted molar refractivity (Wildman–Crippen MR) is 106 cm³/mol. The summed E-state index contributed by atoms with van der Waals surface area (Å²) in [5, 5.41) is 15.3. The van der Waals surface area contributed by atoms with Gasteiger partial charge in [-0.05, 0) is 54.2 Å². The van der Waals surface area contributed by atoms with Crippen LogP contribution in [0.25, 0.3) is 0 Å². The Morgan fingerprint density at radius 1 is 1.41 bits per heavy atom. The zero-order valence-corrected chi connectivity index (χ0v) is 16.9. The summed E-state index contributed by atoms with van der Waals surface area (Å²) < 4.78 is 7.39. The van der Waals surface area contributed by atoms with Gasteiger partial charge in [0.2, 0.25) is 11.1 Å². The molecular weight excluding hydrogens is 362 g/mol. The first-order chi connectivity index (χ1) is 13.1. The average Bonchev–Trinajstić information content (AvgIpc) is 3.34. The largest absolute Gasteiger partial charge is 0.376 e. The maximum Gasteiger partial charge on any atom is 0.237 e. The summed E-state index contributed by atoms with van der Waals surface area (Å²) in [6.45, 7) is 7.61. The molecule has 0 aliphatic carbocycles. The molecular formula is C19H27N5O2S. The molecule has 2 aromatic rings. The number of benzene rings is 1. The van der Waals surface area contributed by atoms with Gasteiger partial charge in [0.1, 0.15) is 0 Å². The highest BCUT2D eigenvalue weighted by Crippen LogP contribution is 2.28. The van der Waals surface area contributed by atoms with Gasteiger partial charge in [0.25, 0.3) is 0 Å². The molecule has 8 heteroatoms. The summed E-state index contributed by atoms with van der Waals surface area (Å²) in [5.74, 6) is 0.339. The number of thioether (sulfide) groups is 1. The van der Waals surface area contributed by atoms with Gasteiger partial charge in [-0.3, -0.25) is 4.79 Å². The van der Waals surface area contributed by atoms with E-state index in [-0.39, 0.29) is 17.3 Å². The van der Waals surface area contributed by atoms with Crippen LogP contribution in [0, 0.1) is 0 Å². The second kappa shape index (κ2) is 9.32. The smallest absolute Gasteiger partial charge is 0.237 e. The van der Waals surface area contributed by atoms with Gasteiger partial charge >= 0.3 is 0 Å². The van der Waals surface area contributed by atoms with Crippen LogP contribution in [0.2, 0.25) is 0 Å². The molecule has 0 saturated carbocycles. The second-order valence-corrected chi connectivity index (χ2v) is 8.23. The number of carbonyl (C=O) groups is 1. The summed E-state index contributed by atoms with van der Waals surface area (Å²) in [4.78, 5) is 12.7. The van der Waals surface area contributed by atoms with Crippen molar-refractivity contribution in [2.45, 2.75) is 69.0 Å². The zero-order valence-electron chi connectivity index (χ0n) is 16.1. The van der Waals surface area contributed by atoms with E-state index in [1.165, 1.54) is 11.8 Å². The second-order valence-electron chi connectivity index (χ2n) is 6.92. The van der Waals surface area contributed by atoms with Gasteiger partial charge in [-0.25, -0.2) is 4.68 Å². The van der Waals surface area contributed by atoms with Gasteiger partial charge in [-0.15, -0.1) is 5.10 Å². The fourth-order valence-electron chi connectivity index (χ4n) is 3.08. The molecule has 146 valence electrons. The van der Waals surface area contributed by atoms with Gasteiger partial charge in [-0.1, -0.05) is 43.8 Å². The van der Waals surface area contributed by atoms with E-state index in [0.29, 0.717) is 17.6 Å². The maximum atomic E-state index is 12.7. The summed E-state index contributed by atoms with van der Waals surface area (Å²) in [7, 11) is 0. The van der Waals surface area contributed by atoms with E-state index in [0.717, 1.165) is 37.1 Å². The van der Waals surface area contributed by atoms with Gasteiger partial charge in [-0.2, -0.15) is 0 Å². The summed E-state index contributed by atoms with van der Waals surface area (Å²) >= 11 is 1.37. The molecule has 0 spiro atoms. The third-order valence-corrected chi connectivity index (χ3v) is 5.98. The minimum absolute atomic E-state index is 0.0533. The molecule has 27 heavy (non-hydrogen) atoms. The van der Waals surface area contributed by atoms with Crippen LogP contribution in [0.4, 0.5) is 5.69 Å². The predicted octanol–water partition coefficient (Wildman–Crippen LogP) is 3.48. The highest BCUT2D eigenvalue weighted by Gasteiger charge is 2.23. The van der Waals surface area contributed by atoms with E-state index in [4.69, 9.17) is 4.74 Å². The Bertz CT molecular complexity index is 760. The monoisotopic (exact) mass is 389 g/mol. The Hall–Kier alpha value is -1.93. The SMILES string of the molecule is CCC(C)c1ccccc1NC(=O)C(C)Sc1nnnn1CC1CCCO1. The van der Waals surface area contributed by atoms with Crippen molar-refractivity contribution in [3.8, 4) is 0 Å². The lowest BCUT2D eigenvalue weighted by molar-refractivity contribution is -0.115. The van der Waals surface area contributed by atoms with E-state index < -0.39 is 0 Å². The molecule has 0 radical (unpaired) electrons. The fourth-order valence-corrected chi connectivity index (χ4v) is 3.88. The molecule has 3 unspecified atom stereocenters. The van der Waals surface area contributed by atoms with Crippen LogP contribution in [0.3, 0.4) is 0 Å². The molecule has 3 atom stereocenters. The molecule has 1 aliphatic heterocycles.